The van der Waals surface area contributed by atoms with Gasteiger partial charge in [0.15, 0.2) is 5.82 Å². The number of aromatic amines is 1. The molecule has 9 nitrogen and oxygen atoms in total. The minimum Gasteiger partial charge on any atom is -0.393 e. The van der Waals surface area contributed by atoms with E-state index in [1.165, 1.54) is 12.1 Å². The summed E-state index contributed by atoms with van der Waals surface area (Å²) in [5.41, 5.74) is 4.26. The van der Waals surface area contributed by atoms with Crippen LogP contribution in [0.2, 0.25) is 0 Å². The van der Waals surface area contributed by atoms with Gasteiger partial charge < -0.3 is 29.8 Å². The van der Waals surface area contributed by atoms with Crippen LogP contribution in [-0.2, 0) is 0 Å². The van der Waals surface area contributed by atoms with Crippen molar-refractivity contribution in [3.63, 3.8) is 0 Å². The number of nitrogens with one attached hydrogen (secondary N) is 2. The van der Waals surface area contributed by atoms with E-state index < -0.39 is 0 Å². The highest BCUT2D eigenvalue weighted by Crippen LogP contribution is 2.37. The van der Waals surface area contributed by atoms with Crippen molar-refractivity contribution in [2.75, 3.05) is 43.4 Å². The first-order valence-electron chi connectivity index (χ1n) is 13.9. The van der Waals surface area contributed by atoms with E-state index in [1.54, 1.807) is 24.7 Å². The second kappa shape index (κ2) is 11.2. The molecule has 3 N–H and O–H groups in total. The maximum atomic E-state index is 13.6. The summed E-state index contributed by atoms with van der Waals surface area (Å²) >= 11 is 0. The van der Waals surface area contributed by atoms with Gasteiger partial charge in [-0.1, -0.05) is 0 Å². The number of halogens is 1. The molecule has 10 heteroatoms. The van der Waals surface area contributed by atoms with Crippen LogP contribution in [-0.4, -0.2) is 74.8 Å². The third kappa shape index (κ3) is 5.50. The van der Waals surface area contributed by atoms with Gasteiger partial charge in [-0.05, 0) is 81.3 Å². The van der Waals surface area contributed by atoms with Crippen LogP contribution in [0.1, 0.15) is 42.2 Å². The predicted octanol–water partition coefficient (Wildman–Crippen LogP) is 4.56. The summed E-state index contributed by atoms with van der Waals surface area (Å²) in [7, 11) is 2.13. The van der Waals surface area contributed by atoms with Gasteiger partial charge in [0.2, 0.25) is 0 Å². The second-order valence-electron chi connectivity index (χ2n) is 10.7. The van der Waals surface area contributed by atoms with E-state index in [-0.39, 0.29) is 29.6 Å². The number of carbonyl (C=O) groups excluding carboxylic acids is 1. The normalized spacial score (nSPS) is 20.0. The molecule has 0 unspecified atom stereocenters. The second-order valence-corrected chi connectivity index (χ2v) is 10.7. The van der Waals surface area contributed by atoms with Crippen molar-refractivity contribution in [2.45, 2.75) is 37.8 Å². The van der Waals surface area contributed by atoms with E-state index in [0.717, 1.165) is 56.0 Å². The van der Waals surface area contributed by atoms with Crippen molar-refractivity contribution in [1.29, 1.82) is 0 Å². The maximum absolute atomic E-state index is 13.6. The molecule has 2 aromatic heterocycles. The first-order valence-corrected chi connectivity index (χ1v) is 13.9. The standard InChI is InChI=1S/C30H34FN7O2/c1-36-14-16-37(17-15-36)23-8-6-22(7-9-23)34-30(40)26-18-32-29(35-26)28-27(20-2-4-21(31)5-3-20)33-19-38(28)24-10-12-25(39)13-11-24/h2-9,18-19,24-25,39H,10-17H2,1H3,(H,32,35)(H,34,40)/t24-,25+. The van der Waals surface area contributed by atoms with Crippen molar-refractivity contribution in [2.24, 2.45) is 0 Å². The van der Waals surface area contributed by atoms with Gasteiger partial charge >= 0.3 is 0 Å². The summed E-state index contributed by atoms with van der Waals surface area (Å²) < 4.78 is 15.7. The van der Waals surface area contributed by atoms with Crippen LogP contribution in [0, 0.1) is 5.82 Å². The zero-order valence-electron chi connectivity index (χ0n) is 22.6. The zero-order valence-corrected chi connectivity index (χ0v) is 22.6. The summed E-state index contributed by atoms with van der Waals surface area (Å²) in [6, 6.07) is 14.2. The summed E-state index contributed by atoms with van der Waals surface area (Å²) in [5, 5.41) is 13.0. The molecule has 2 fully saturated rings. The number of likely N-dealkylation sites (N-methyl/N-ethyl adjacent to an activating group) is 1. The van der Waals surface area contributed by atoms with E-state index in [2.05, 4.69) is 41.7 Å². The third-order valence-corrected chi connectivity index (χ3v) is 8.00. The Morgan fingerprint density at radius 3 is 2.40 bits per heavy atom. The molecule has 0 bridgehead atoms. The number of amides is 1. The van der Waals surface area contributed by atoms with Crippen molar-refractivity contribution in [1.82, 2.24) is 24.4 Å². The van der Waals surface area contributed by atoms with Crippen LogP contribution in [0.3, 0.4) is 0 Å². The molecule has 0 radical (unpaired) electrons. The molecule has 1 aliphatic carbocycles. The molecular weight excluding hydrogens is 509 g/mol. The average Bonchev–Trinajstić information content (AvgIpc) is 3.63. The van der Waals surface area contributed by atoms with E-state index in [1.807, 2.05) is 24.3 Å². The van der Waals surface area contributed by atoms with Crippen molar-refractivity contribution >= 4 is 17.3 Å². The molecule has 4 aromatic rings. The molecule has 3 heterocycles. The van der Waals surface area contributed by atoms with Crippen LogP contribution in [0.5, 0.6) is 0 Å². The van der Waals surface area contributed by atoms with Crippen molar-refractivity contribution in [3.05, 3.63) is 72.6 Å². The number of aliphatic hydroxyl groups is 1. The summed E-state index contributed by atoms with van der Waals surface area (Å²) in [4.78, 5) is 30.3. The van der Waals surface area contributed by atoms with Gasteiger partial charge in [-0.25, -0.2) is 14.4 Å². The number of nitrogens with zero attached hydrogens (tertiary/aromatic N) is 5. The van der Waals surface area contributed by atoms with E-state index >= 15 is 0 Å². The smallest absolute Gasteiger partial charge is 0.275 e. The number of aromatic nitrogens is 4. The molecule has 6 rings (SSSR count). The molecule has 0 spiro atoms. The number of H-pyrrole nitrogens is 1. The molecule has 1 saturated carbocycles. The monoisotopic (exact) mass is 543 g/mol. The lowest BCUT2D eigenvalue weighted by molar-refractivity contribution is 0.102. The van der Waals surface area contributed by atoms with Gasteiger partial charge in [-0.2, -0.15) is 0 Å². The third-order valence-electron chi connectivity index (χ3n) is 8.00. The van der Waals surface area contributed by atoms with E-state index in [9.17, 15) is 14.3 Å². The molecule has 1 amide bonds. The first kappa shape index (κ1) is 26.2. The molecule has 40 heavy (non-hydrogen) atoms. The van der Waals surface area contributed by atoms with Crippen molar-refractivity contribution < 1.29 is 14.3 Å². The topological polar surface area (TPSA) is 102 Å². The minimum atomic E-state index is -0.320. The number of carbonyl (C=O) groups is 1. The first-order chi connectivity index (χ1) is 19.4. The minimum absolute atomic E-state index is 0.140. The van der Waals surface area contributed by atoms with Gasteiger partial charge in [-0.3, -0.25) is 4.79 Å². The van der Waals surface area contributed by atoms with Crippen molar-refractivity contribution in [3.8, 4) is 22.8 Å². The number of hydrogen-bond acceptors (Lipinski definition) is 6. The van der Waals surface area contributed by atoms with E-state index in [4.69, 9.17) is 0 Å². The summed E-state index contributed by atoms with van der Waals surface area (Å²) in [6.45, 7) is 4.03. The van der Waals surface area contributed by atoms with Gasteiger partial charge in [0.1, 0.15) is 17.2 Å². The fourth-order valence-electron chi connectivity index (χ4n) is 5.60. The highest BCUT2D eigenvalue weighted by Gasteiger charge is 2.27. The zero-order chi connectivity index (χ0) is 27.6. The van der Waals surface area contributed by atoms with Crippen LogP contribution < -0.4 is 10.2 Å². The Labute approximate surface area is 232 Å². The van der Waals surface area contributed by atoms with Gasteiger partial charge in [-0.15, -0.1) is 0 Å². The molecule has 2 aromatic carbocycles. The summed E-state index contributed by atoms with van der Waals surface area (Å²) in [6.07, 6.45) is 6.15. The number of benzene rings is 2. The number of imidazole rings is 2. The Morgan fingerprint density at radius 1 is 1.00 bits per heavy atom. The summed E-state index contributed by atoms with van der Waals surface area (Å²) in [5.74, 6) is -0.122. The highest BCUT2D eigenvalue weighted by atomic mass is 19.1. The average molecular weight is 544 g/mol. The lowest BCUT2D eigenvalue weighted by Gasteiger charge is -2.34. The quantitative estimate of drug-likeness (QED) is 0.330. The number of piperazine rings is 1. The Bertz CT molecular complexity index is 1450. The maximum Gasteiger partial charge on any atom is 0.275 e. The molecule has 2 aliphatic rings. The fourth-order valence-corrected chi connectivity index (χ4v) is 5.60. The Hall–Kier alpha value is -4.02. The number of anilines is 2. The molecular formula is C30H34FN7O2. The molecule has 208 valence electrons. The largest absolute Gasteiger partial charge is 0.393 e. The lowest BCUT2D eigenvalue weighted by Crippen LogP contribution is -2.44. The molecule has 1 aliphatic heterocycles. The van der Waals surface area contributed by atoms with Crippen LogP contribution >= 0.6 is 0 Å². The highest BCUT2D eigenvalue weighted by molar-refractivity contribution is 6.03. The predicted molar refractivity (Wildman–Crippen MR) is 153 cm³/mol. The number of rotatable bonds is 6. The Morgan fingerprint density at radius 2 is 1.70 bits per heavy atom. The van der Waals surface area contributed by atoms with Crippen LogP contribution in [0.25, 0.3) is 22.8 Å². The van der Waals surface area contributed by atoms with Crippen LogP contribution in [0.4, 0.5) is 15.8 Å². The Kier molecular flexibility index (Phi) is 7.36. The van der Waals surface area contributed by atoms with Gasteiger partial charge in [0.25, 0.3) is 5.91 Å². The fraction of sp³-hybridized carbons (Fsp3) is 0.367. The van der Waals surface area contributed by atoms with Crippen LogP contribution in [0.15, 0.2) is 61.1 Å². The lowest BCUT2D eigenvalue weighted by atomic mass is 9.92. The SMILES string of the molecule is CN1CCN(c2ccc(NC(=O)c3c[nH]c(-c4c(-c5ccc(F)cc5)ncn4[C@H]4CC[C@@H](O)CC4)n3)cc2)CC1. The number of aliphatic hydroxyl groups excluding tert-OH is 1. The van der Waals surface area contributed by atoms with Gasteiger partial charge in [0, 0.05) is 55.4 Å². The molecule has 0 atom stereocenters. The molecule has 1 saturated heterocycles. The number of hydrogen-bond donors (Lipinski definition) is 3. The van der Waals surface area contributed by atoms with Gasteiger partial charge in [0.05, 0.1) is 18.1 Å². The Balaban J connectivity index is 1.23. The van der Waals surface area contributed by atoms with E-state index in [0.29, 0.717) is 30.0 Å².